The summed E-state index contributed by atoms with van der Waals surface area (Å²) in [6.45, 7) is 15.3. The Hall–Kier alpha value is -2.59. The van der Waals surface area contributed by atoms with E-state index in [9.17, 15) is 14.1 Å². The number of hydrogen-bond acceptors (Lipinski definition) is 7. The zero-order chi connectivity index (χ0) is 32.7. The first-order valence-electron chi connectivity index (χ1n) is 15.3. The molecule has 0 aromatic heterocycles. The Labute approximate surface area is 269 Å². The van der Waals surface area contributed by atoms with E-state index >= 15 is 0 Å². The summed E-state index contributed by atoms with van der Waals surface area (Å²) in [6.07, 6.45) is 12.6. The molecular weight excluding hydrogens is 584 g/mol. The van der Waals surface area contributed by atoms with Crippen molar-refractivity contribution in [1.82, 2.24) is 16.0 Å². The fourth-order valence-corrected chi connectivity index (χ4v) is 4.67. The fourth-order valence-electron chi connectivity index (χ4n) is 4.37. The van der Waals surface area contributed by atoms with E-state index in [0.717, 1.165) is 79.1 Å². The molecule has 4 N–H and O–H groups in total. The number of alkyl halides is 1. The minimum absolute atomic E-state index is 0.111. The van der Waals surface area contributed by atoms with Crippen LogP contribution in [0.3, 0.4) is 0 Å². The standard InChI is InChI=1S/C29H44N4O3S.C2H3ClO.C2H6/c1-6-8-18-31-27(34)23(28(35)32-19-9-7-2)13-10-11-14-26-29(3,4)24-21-22(37-36)15-16-25(24)33(26)20-12-17-30-5;3-1-2-4;1-2/h10-11,13-16,21,30,36H,6-9,12,17-20H2,1-5H3,(H,31,34)(H,32,35);2H,1H2;1-2H3/b11-10+,26-14+;;. The second-order valence-corrected chi connectivity index (χ2v) is 11.0. The van der Waals surface area contributed by atoms with E-state index < -0.39 is 0 Å². The second-order valence-electron chi connectivity index (χ2n) is 10.1. The number of allylic oxidation sites excluding steroid dienone is 5. The molecule has 2 amide bonds. The monoisotopic (exact) mass is 636 g/mol. The van der Waals surface area contributed by atoms with Crippen LogP contribution in [0.25, 0.3) is 0 Å². The molecule has 0 unspecified atom stereocenters. The normalized spacial score (nSPS) is 13.8. The van der Waals surface area contributed by atoms with E-state index in [1.54, 1.807) is 12.2 Å². The van der Waals surface area contributed by atoms with Gasteiger partial charge in [0.2, 0.25) is 0 Å². The van der Waals surface area contributed by atoms with Crippen molar-refractivity contribution in [3.63, 3.8) is 0 Å². The van der Waals surface area contributed by atoms with E-state index in [1.807, 2.05) is 33.0 Å². The van der Waals surface area contributed by atoms with Gasteiger partial charge in [-0.3, -0.25) is 9.59 Å². The van der Waals surface area contributed by atoms with Gasteiger partial charge in [0.25, 0.3) is 11.8 Å². The van der Waals surface area contributed by atoms with Crippen LogP contribution in [0.2, 0.25) is 0 Å². The zero-order valence-corrected chi connectivity index (χ0v) is 28.7. The van der Waals surface area contributed by atoms with Crippen LogP contribution in [-0.2, 0) is 19.8 Å². The molecule has 1 aliphatic rings. The molecule has 1 aromatic carbocycles. The number of rotatable bonds is 16. The summed E-state index contributed by atoms with van der Waals surface area (Å²) in [5.41, 5.74) is 3.28. The highest BCUT2D eigenvalue weighted by Crippen LogP contribution is 2.48. The number of carbonyl (C=O) groups excluding carboxylic acids is 3. The third-order valence-electron chi connectivity index (χ3n) is 6.59. The number of hydrogen-bond donors (Lipinski definition) is 4. The first-order chi connectivity index (χ1) is 20.7. The lowest BCUT2D eigenvalue weighted by Crippen LogP contribution is -2.35. The third kappa shape index (κ3) is 13.7. The molecule has 1 aromatic rings. The minimum Gasteiger partial charge on any atom is -0.352 e. The van der Waals surface area contributed by atoms with Gasteiger partial charge in [0.1, 0.15) is 11.9 Å². The molecule has 1 aliphatic heterocycles. The van der Waals surface area contributed by atoms with Crippen LogP contribution in [0.15, 0.2) is 58.7 Å². The Balaban J connectivity index is 0.00000270. The average Bonchev–Trinajstić information content (AvgIpc) is 3.23. The van der Waals surface area contributed by atoms with Crippen molar-refractivity contribution in [3.05, 3.63) is 59.3 Å². The van der Waals surface area contributed by atoms with E-state index in [-0.39, 0.29) is 28.7 Å². The van der Waals surface area contributed by atoms with Crippen molar-refractivity contribution in [3.8, 4) is 0 Å². The number of benzene rings is 1. The maximum Gasteiger partial charge on any atom is 0.256 e. The summed E-state index contributed by atoms with van der Waals surface area (Å²) in [7, 11) is 1.95. The molecule has 0 bridgehead atoms. The van der Waals surface area contributed by atoms with Crippen LogP contribution < -0.4 is 20.9 Å². The van der Waals surface area contributed by atoms with Gasteiger partial charge in [0.15, 0.2) is 0 Å². The summed E-state index contributed by atoms with van der Waals surface area (Å²) < 4.78 is 9.59. The van der Waals surface area contributed by atoms with Gasteiger partial charge in [-0.1, -0.05) is 66.5 Å². The predicted octanol–water partition coefficient (Wildman–Crippen LogP) is 6.61. The molecule has 0 spiro atoms. The van der Waals surface area contributed by atoms with E-state index in [0.29, 0.717) is 19.4 Å². The minimum atomic E-state index is -0.351. The number of anilines is 1. The summed E-state index contributed by atoms with van der Waals surface area (Å²) in [6, 6.07) is 6.06. The summed E-state index contributed by atoms with van der Waals surface area (Å²) >= 11 is 5.58. The molecule has 0 saturated carbocycles. The van der Waals surface area contributed by atoms with Gasteiger partial charge < -0.3 is 30.2 Å². The molecule has 8 nitrogen and oxygen atoms in total. The van der Waals surface area contributed by atoms with Crippen LogP contribution in [-0.4, -0.2) is 61.8 Å². The summed E-state index contributed by atoms with van der Waals surface area (Å²) in [5, 5.41) is 8.92. The number of carbonyl (C=O) groups is 3. The summed E-state index contributed by atoms with van der Waals surface area (Å²) in [4.78, 5) is 37.6. The Morgan fingerprint density at radius 2 is 1.58 bits per heavy atom. The van der Waals surface area contributed by atoms with Crippen LogP contribution >= 0.6 is 23.6 Å². The van der Waals surface area contributed by atoms with Crippen LogP contribution in [0, 0.1) is 0 Å². The Morgan fingerprint density at radius 1 is 1.00 bits per heavy atom. The second kappa shape index (κ2) is 23.8. The van der Waals surface area contributed by atoms with Gasteiger partial charge in [0.05, 0.1) is 5.88 Å². The lowest BCUT2D eigenvalue weighted by molar-refractivity contribution is -0.123. The van der Waals surface area contributed by atoms with Crippen molar-refractivity contribution >= 4 is 47.4 Å². The maximum atomic E-state index is 12.7. The predicted molar refractivity (Wildman–Crippen MR) is 183 cm³/mol. The van der Waals surface area contributed by atoms with Crippen LogP contribution in [0.5, 0.6) is 0 Å². The van der Waals surface area contributed by atoms with Crippen molar-refractivity contribution in [2.24, 2.45) is 0 Å². The first kappa shape index (κ1) is 40.4. The molecule has 43 heavy (non-hydrogen) atoms. The molecule has 10 heteroatoms. The molecular formula is C33H53ClN4O4S. The highest BCUT2D eigenvalue weighted by molar-refractivity contribution is 7.93. The highest BCUT2D eigenvalue weighted by atomic mass is 35.5. The van der Waals surface area contributed by atoms with Gasteiger partial charge >= 0.3 is 0 Å². The van der Waals surface area contributed by atoms with Gasteiger partial charge in [-0.15, -0.1) is 11.6 Å². The van der Waals surface area contributed by atoms with Crippen molar-refractivity contribution in [2.45, 2.75) is 84.0 Å². The number of nitrogens with zero attached hydrogens (tertiary/aromatic N) is 1. The largest absolute Gasteiger partial charge is 0.352 e. The Bertz CT molecular complexity index is 1050. The number of aldehydes is 1. The van der Waals surface area contributed by atoms with E-state index in [1.165, 1.54) is 0 Å². The van der Waals surface area contributed by atoms with Crippen molar-refractivity contribution in [1.29, 1.82) is 0 Å². The van der Waals surface area contributed by atoms with E-state index in [2.05, 4.69) is 66.8 Å². The van der Waals surface area contributed by atoms with Gasteiger partial charge in [-0.05, 0) is 68.8 Å². The molecule has 1 heterocycles. The highest BCUT2D eigenvalue weighted by Gasteiger charge is 2.39. The smallest absolute Gasteiger partial charge is 0.256 e. The number of amides is 2. The molecule has 242 valence electrons. The lowest BCUT2D eigenvalue weighted by atomic mass is 9.83. The van der Waals surface area contributed by atoms with Crippen molar-refractivity contribution in [2.75, 3.05) is 44.0 Å². The van der Waals surface area contributed by atoms with Gasteiger partial charge in [-0.2, -0.15) is 0 Å². The van der Waals surface area contributed by atoms with Crippen LogP contribution in [0.1, 0.15) is 79.2 Å². The lowest BCUT2D eigenvalue weighted by Gasteiger charge is -2.27. The molecule has 0 radical (unpaired) electrons. The SMILES string of the molecule is CC.CCCCNC(=O)C(=C/C=C/C=C1/N(CCCNC)c2ccc(SO)cc2C1(C)C)C(=O)NCCCC.O=CCCl. The van der Waals surface area contributed by atoms with Gasteiger partial charge in [-0.25, -0.2) is 0 Å². The number of unbranched alkanes of at least 4 members (excludes halogenated alkanes) is 2. The topological polar surface area (TPSA) is 111 Å². The maximum absolute atomic E-state index is 12.7. The first-order valence-corrected chi connectivity index (χ1v) is 16.6. The molecule has 0 saturated heterocycles. The molecule has 0 atom stereocenters. The number of nitrogens with one attached hydrogen (secondary N) is 3. The fraction of sp³-hybridized carbons (Fsp3) is 0.545. The quantitative estimate of drug-likeness (QED) is 0.0236. The molecule has 0 aliphatic carbocycles. The molecule has 0 fully saturated rings. The Kier molecular flexibility index (Phi) is 22.4. The summed E-state index contributed by atoms with van der Waals surface area (Å²) in [5.74, 6) is -0.591. The number of fused-ring (bicyclic) bond motifs is 1. The Morgan fingerprint density at radius 3 is 2.07 bits per heavy atom. The van der Waals surface area contributed by atoms with Gasteiger partial charge in [0, 0.05) is 53.4 Å². The number of halogens is 1. The third-order valence-corrected chi connectivity index (χ3v) is 7.18. The average molecular weight is 637 g/mol. The van der Waals surface area contributed by atoms with Crippen LogP contribution in [0.4, 0.5) is 5.69 Å². The van der Waals surface area contributed by atoms with E-state index in [4.69, 9.17) is 16.4 Å². The molecule has 2 rings (SSSR count). The zero-order valence-electron chi connectivity index (χ0n) is 27.1. The van der Waals surface area contributed by atoms with Crippen molar-refractivity contribution < 1.29 is 18.9 Å².